The first kappa shape index (κ1) is 24.5. The number of rotatable bonds is 6. The van der Waals surface area contributed by atoms with E-state index in [9.17, 15) is 23.7 Å². The van der Waals surface area contributed by atoms with E-state index < -0.39 is 16.3 Å². The molecule has 3 aromatic carbocycles. The largest absolute Gasteiger partial charge is 0.494 e. The van der Waals surface area contributed by atoms with Gasteiger partial charge in [0.25, 0.3) is 11.2 Å². The van der Waals surface area contributed by atoms with Crippen LogP contribution in [0.4, 0.5) is 14.5 Å². The molecule has 8 nitrogen and oxygen atoms in total. The van der Waals surface area contributed by atoms with Gasteiger partial charge in [-0.2, -0.15) is 0 Å². The molecule has 1 unspecified atom stereocenters. The van der Waals surface area contributed by atoms with Crippen molar-refractivity contribution in [1.29, 1.82) is 0 Å². The molecule has 1 aliphatic heterocycles. The van der Waals surface area contributed by atoms with Crippen LogP contribution in [0.5, 0.6) is 5.75 Å². The second-order valence-electron chi connectivity index (χ2n) is 9.10. The molecule has 1 aromatic heterocycles. The minimum atomic E-state index is -0.650. The maximum atomic E-state index is 14.7. The van der Waals surface area contributed by atoms with E-state index in [1.54, 1.807) is 25.1 Å². The molecule has 1 fully saturated rings. The van der Waals surface area contributed by atoms with Crippen LogP contribution in [-0.2, 0) is 6.54 Å². The highest BCUT2D eigenvalue weighted by Gasteiger charge is 2.32. The summed E-state index contributed by atoms with van der Waals surface area (Å²) in [4.78, 5) is 31.8. The minimum Gasteiger partial charge on any atom is -0.494 e. The molecule has 10 heteroatoms. The molecule has 0 saturated carbocycles. The summed E-state index contributed by atoms with van der Waals surface area (Å²) in [5.41, 5.74) is 1.27. The molecule has 5 rings (SSSR count). The lowest BCUT2D eigenvalue weighted by atomic mass is 10.1. The molecule has 190 valence electrons. The van der Waals surface area contributed by atoms with E-state index in [0.717, 1.165) is 18.5 Å². The number of halogens is 2. The van der Waals surface area contributed by atoms with E-state index in [0.29, 0.717) is 29.9 Å². The fourth-order valence-electron chi connectivity index (χ4n) is 4.97. The lowest BCUT2D eigenvalue weighted by Crippen LogP contribution is -2.31. The minimum absolute atomic E-state index is 0.0254. The Kier molecular flexibility index (Phi) is 6.43. The summed E-state index contributed by atoms with van der Waals surface area (Å²) in [6.45, 7) is 2.91. The van der Waals surface area contributed by atoms with Gasteiger partial charge in [-0.1, -0.05) is 12.1 Å². The molecular weight excluding hydrogens is 482 g/mol. The van der Waals surface area contributed by atoms with E-state index in [4.69, 9.17) is 9.72 Å². The summed E-state index contributed by atoms with van der Waals surface area (Å²) in [7, 11) is 1.35. The number of ether oxygens (including phenoxy) is 1. The Balaban J connectivity index is 1.72. The van der Waals surface area contributed by atoms with Crippen molar-refractivity contribution in [3.63, 3.8) is 0 Å². The van der Waals surface area contributed by atoms with Crippen LogP contribution < -0.4 is 10.3 Å². The predicted molar refractivity (Wildman–Crippen MR) is 134 cm³/mol. The third-order valence-corrected chi connectivity index (χ3v) is 6.74. The van der Waals surface area contributed by atoms with Gasteiger partial charge in [-0.15, -0.1) is 0 Å². The van der Waals surface area contributed by atoms with Gasteiger partial charge >= 0.3 is 0 Å². The Morgan fingerprint density at radius 2 is 1.89 bits per heavy atom. The SMILES string of the molecule is COc1ccc(-n2c(C3CCCN3Cc3ccc(F)cc3)nc3c(C)cc([N+](=O)[O-])cc3c2=O)cc1F. The summed E-state index contributed by atoms with van der Waals surface area (Å²) in [5, 5.41) is 11.6. The van der Waals surface area contributed by atoms with Crippen molar-refractivity contribution in [3.05, 3.63) is 104 Å². The lowest BCUT2D eigenvalue weighted by Gasteiger charge is -2.27. The topological polar surface area (TPSA) is 90.5 Å². The van der Waals surface area contributed by atoms with Crippen LogP contribution >= 0.6 is 0 Å². The molecule has 1 saturated heterocycles. The van der Waals surface area contributed by atoms with Crippen LogP contribution in [0.1, 0.15) is 35.8 Å². The van der Waals surface area contributed by atoms with Gasteiger partial charge in [0.15, 0.2) is 11.6 Å². The van der Waals surface area contributed by atoms with Gasteiger partial charge in [0, 0.05) is 24.7 Å². The first-order chi connectivity index (χ1) is 17.8. The van der Waals surface area contributed by atoms with Crippen molar-refractivity contribution < 1.29 is 18.4 Å². The number of fused-ring (bicyclic) bond motifs is 1. The highest BCUT2D eigenvalue weighted by molar-refractivity contribution is 5.84. The van der Waals surface area contributed by atoms with Crippen LogP contribution in [0.15, 0.2) is 59.4 Å². The number of aromatic nitrogens is 2. The number of aryl methyl sites for hydroxylation is 1. The first-order valence-electron chi connectivity index (χ1n) is 11.8. The number of hydrogen-bond donors (Lipinski definition) is 0. The molecule has 4 aromatic rings. The third-order valence-electron chi connectivity index (χ3n) is 6.74. The molecule has 1 aliphatic rings. The van der Waals surface area contributed by atoms with Crippen LogP contribution in [-0.4, -0.2) is 33.0 Å². The van der Waals surface area contributed by atoms with Crippen molar-refractivity contribution >= 4 is 16.6 Å². The van der Waals surface area contributed by atoms with E-state index >= 15 is 0 Å². The Bertz CT molecular complexity index is 1570. The fraction of sp³-hybridized carbons (Fsp3) is 0.259. The summed E-state index contributed by atoms with van der Waals surface area (Å²) >= 11 is 0. The van der Waals surface area contributed by atoms with Crippen molar-refractivity contribution in [2.24, 2.45) is 0 Å². The van der Waals surface area contributed by atoms with E-state index in [1.165, 1.54) is 48.1 Å². The molecule has 0 N–H and O–H groups in total. The average molecular weight is 507 g/mol. The first-order valence-corrected chi connectivity index (χ1v) is 11.8. The number of benzene rings is 3. The molecule has 0 spiro atoms. The van der Waals surface area contributed by atoms with Crippen molar-refractivity contribution in [2.45, 2.75) is 32.4 Å². The van der Waals surface area contributed by atoms with Crippen molar-refractivity contribution in [2.75, 3.05) is 13.7 Å². The van der Waals surface area contributed by atoms with Gasteiger partial charge in [-0.3, -0.25) is 24.4 Å². The highest BCUT2D eigenvalue weighted by atomic mass is 19.1. The second kappa shape index (κ2) is 9.70. The Morgan fingerprint density at radius 3 is 2.57 bits per heavy atom. The Labute approximate surface area is 210 Å². The van der Waals surface area contributed by atoms with E-state index in [-0.39, 0.29) is 34.4 Å². The van der Waals surface area contributed by atoms with Gasteiger partial charge in [0.05, 0.1) is 34.7 Å². The zero-order valence-corrected chi connectivity index (χ0v) is 20.3. The molecular formula is C27H24F2N4O4. The van der Waals surface area contributed by atoms with Gasteiger partial charge in [0.1, 0.15) is 11.6 Å². The van der Waals surface area contributed by atoms with Gasteiger partial charge in [-0.25, -0.2) is 13.8 Å². The standard InChI is InChI=1S/C27H24F2N4O4/c1-16-12-20(33(35)36)13-21-25(16)30-26(32(27(21)34)19-9-10-24(37-2)22(29)14-19)23-4-3-11-31(23)15-17-5-7-18(28)8-6-17/h5-10,12-14,23H,3-4,11,15H2,1-2H3. The van der Waals surface area contributed by atoms with E-state index in [2.05, 4.69) is 4.90 Å². The fourth-order valence-corrected chi connectivity index (χ4v) is 4.97. The maximum Gasteiger partial charge on any atom is 0.270 e. The molecule has 0 radical (unpaired) electrons. The van der Waals surface area contributed by atoms with Crippen molar-refractivity contribution in [1.82, 2.24) is 14.5 Å². The Hall–Kier alpha value is -4.18. The highest BCUT2D eigenvalue weighted by Crippen LogP contribution is 2.35. The number of non-ortho nitro benzene ring substituents is 1. The van der Waals surface area contributed by atoms with Gasteiger partial charge in [0.2, 0.25) is 0 Å². The number of hydrogen-bond acceptors (Lipinski definition) is 6. The van der Waals surface area contributed by atoms with Gasteiger partial charge in [-0.05, 0) is 61.7 Å². The number of likely N-dealkylation sites (tertiary alicyclic amines) is 1. The lowest BCUT2D eigenvalue weighted by molar-refractivity contribution is -0.384. The maximum absolute atomic E-state index is 14.7. The Morgan fingerprint density at radius 1 is 1.14 bits per heavy atom. The monoisotopic (exact) mass is 506 g/mol. The van der Waals surface area contributed by atoms with Crippen LogP contribution in [0.25, 0.3) is 16.6 Å². The predicted octanol–water partition coefficient (Wildman–Crippen LogP) is 5.23. The molecule has 2 heterocycles. The number of nitro groups is 1. The quantitative estimate of drug-likeness (QED) is 0.263. The molecule has 1 atom stereocenters. The molecule has 37 heavy (non-hydrogen) atoms. The van der Waals surface area contributed by atoms with Crippen LogP contribution in [0.2, 0.25) is 0 Å². The number of methoxy groups -OCH3 is 1. The molecule has 0 bridgehead atoms. The third kappa shape index (κ3) is 4.55. The normalized spacial score (nSPS) is 15.8. The smallest absolute Gasteiger partial charge is 0.270 e. The summed E-state index contributed by atoms with van der Waals surface area (Å²) < 4.78 is 34.5. The van der Waals surface area contributed by atoms with Gasteiger partial charge < -0.3 is 4.74 Å². The molecule has 0 amide bonds. The van der Waals surface area contributed by atoms with Crippen molar-refractivity contribution in [3.8, 4) is 11.4 Å². The zero-order chi connectivity index (χ0) is 26.3. The summed E-state index contributed by atoms with van der Waals surface area (Å²) in [6.07, 6.45) is 1.54. The zero-order valence-electron chi connectivity index (χ0n) is 20.3. The van der Waals surface area contributed by atoms with Crippen LogP contribution in [0, 0.1) is 28.7 Å². The second-order valence-corrected chi connectivity index (χ2v) is 9.10. The van der Waals surface area contributed by atoms with E-state index in [1.807, 2.05) is 0 Å². The summed E-state index contributed by atoms with van der Waals surface area (Å²) in [5.74, 6) is -0.531. The number of nitro benzene ring substituents is 1. The number of nitrogens with zero attached hydrogens (tertiary/aromatic N) is 4. The average Bonchev–Trinajstić information content (AvgIpc) is 3.33. The van der Waals surface area contributed by atoms with Crippen LogP contribution in [0.3, 0.4) is 0 Å². The summed E-state index contributed by atoms with van der Waals surface area (Å²) in [6, 6.07) is 12.7. The molecule has 0 aliphatic carbocycles.